The SMILES string of the molecule is CCCOc1ccc(/C=c2/sc3nc4ccccc4n3c2=O)cc1OCC. The number of hydrogen-bond acceptors (Lipinski definition) is 5. The summed E-state index contributed by atoms with van der Waals surface area (Å²) < 4.78 is 13.8. The van der Waals surface area contributed by atoms with Crippen molar-refractivity contribution in [3.8, 4) is 11.5 Å². The molecule has 0 amide bonds. The predicted octanol–water partition coefficient (Wildman–Crippen LogP) is 3.64. The minimum Gasteiger partial charge on any atom is -0.490 e. The summed E-state index contributed by atoms with van der Waals surface area (Å²) in [5, 5.41) is 0. The van der Waals surface area contributed by atoms with Crippen molar-refractivity contribution in [3.63, 3.8) is 0 Å². The van der Waals surface area contributed by atoms with Gasteiger partial charge in [0.1, 0.15) is 0 Å². The molecule has 2 aromatic carbocycles. The highest BCUT2D eigenvalue weighted by atomic mass is 32.1. The van der Waals surface area contributed by atoms with Crippen LogP contribution >= 0.6 is 11.3 Å². The van der Waals surface area contributed by atoms with Gasteiger partial charge in [0.05, 0.1) is 28.8 Å². The van der Waals surface area contributed by atoms with Crippen LogP contribution < -0.4 is 19.6 Å². The molecular formula is C21H20N2O3S. The molecule has 0 aliphatic carbocycles. The summed E-state index contributed by atoms with van der Waals surface area (Å²) in [5.41, 5.74) is 2.52. The Morgan fingerprint density at radius 2 is 1.96 bits per heavy atom. The molecule has 2 aromatic heterocycles. The zero-order valence-electron chi connectivity index (χ0n) is 15.3. The van der Waals surface area contributed by atoms with Gasteiger partial charge in [0, 0.05) is 0 Å². The van der Waals surface area contributed by atoms with Crippen LogP contribution in [0.15, 0.2) is 47.3 Å². The van der Waals surface area contributed by atoms with Gasteiger partial charge in [0.15, 0.2) is 16.5 Å². The molecule has 0 unspecified atom stereocenters. The maximum atomic E-state index is 12.9. The molecule has 5 nitrogen and oxygen atoms in total. The Bertz CT molecular complexity index is 1210. The summed E-state index contributed by atoms with van der Waals surface area (Å²) in [4.78, 5) is 18.1. The lowest BCUT2D eigenvalue weighted by molar-refractivity contribution is 0.277. The van der Waals surface area contributed by atoms with Gasteiger partial charge in [-0.2, -0.15) is 0 Å². The molecule has 0 bridgehead atoms. The Labute approximate surface area is 160 Å². The van der Waals surface area contributed by atoms with Crippen LogP contribution in [0.2, 0.25) is 0 Å². The van der Waals surface area contributed by atoms with Gasteiger partial charge < -0.3 is 9.47 Å². The molecule has 4 rings (SSSR count). The van der Waals surface area contributed by atoms with Crippen molar-refractivity contribution in [2.75, 3.05) is 13.2 Å². The number of nitrogens with zero attached hydrogens (tertiary/aromatic N) is 2. The largest absolute Gasteiger partial charge is 0.490 e. The molecule has 0 aliphatic heterocycles. The first-order valence-electron chi connectivity index (χ1n) is 9.02. The summed E-state index contributed by atoms with van der Waals surface area (Å²) in [6.07, 6.45) is 2.81. The summed E-state index contributed by atoms with van der Waals surface area (Å²) in [7, 11) is 0. The van der Waals surface area contributed by atoms with E-state index in [0.717, 1.165) is 28.8 Å². The van der Waals surface area contributed by atoms with Crippen LogP contribution in [0.5, 0.6) is 11.5 Å². The van der Waals surface area contributed by atoms with E-state index in [-0.39, 0.29) is 5.56 Å². The van der Waals surface area contributed by atoms with Crippen molar-refractivity contribution in [2.24, 2.45) is 0 Å². The number of ether oxygens (including phenoxy) is 2. The molecule has 0 N–H and O–H groups in total. The summed E-state index contributed by atoms with van der Waals surface area (Å²) >= 11 is 1.39. The third kappa shape index (κ3) is 3.28. The van der Waals surface area contributed by atoms with E-state index in [1.54, 1.807) is 4.40 Å². The third-order valence-electron chi connectivity index (χ3n) is 4.17. The van der Waals surface area contributed by atoms with Crippen molar-refractivity contribution in [1.29, 1.82) is 0 Å². The minimum absolute atomic E-state index is 0.0482. The van der Waals surface area contributed by atoms with Gasteiger partial charge in [0.2, 0.25) is 0 Å². The lowest BCUT2D eigenvalue weighted by Crippen LogP contribution is -2.22. The molecule has 138 valence electrons. The first kappa shape index (κ1) is 17.5. The molecular weight excluding hydrogens is 360 g/mol. The normalized spacial score (nSPS) is 12.1. The van der Waals surface area contributed by atoms with Crippen LogP contribution in [0.1, 0.15) is 25.8 Å². The van der Waals surface area contributed by atoms with E-state index >= 15 is 0 Å². The van der Waals surface area contributed by atoms with Gasteiger partial charge in [-0.15, -0.1) is 0 Å². The van der Waals surface area contributed by atoms with E-state index in [1.165, 1.54) is 11.3 Å². The van der Waals surface area contributed by atoms with Gasteiger partial charge >= 0.3 is 0 Å². The molecule has 0 fully saturated rings. The third-order valence-corrected chi connectivity index (χ3v) is 5.14. The number of benzene rings is 2. The van der Waals surface area contributed by atoms with E-state index in [1.807, 2.05) is 55.5 Å². The highest BCUT2D eigenvalue weighted by Gasteiger charge is 2.11. The Kier molecular flexibility index (Phi) is 4.81. The summed E-state index contributed by atoms with van der Waals surface area (Å²) in [6, 6.07) is 13.4. The number of para-hydroxylation sites is 2. The highest BCUT2D eigenvalue weighted by molar-refractivity contribution is 7.15. The number of thiazole rings is 1. The Morgan fingerprint density at radius 1 is 1.11 bits per heavy atom. The zero-order chi connectivity index (χ0) is 18.8. The van der Waals surface area contributed by atoms with Crippen LogP contribution in [0.25, 0.3) is 22.1 Å². The Balaban J connectivity index is 1.80. The van der Waals surface area contributed by atoms with Crippen LogP contribution in [0.3, 0.4) is 0 Å². The monoisotopic (exact) mass is 380 g/mol. The first-order valence-corrected chi connectivity index (χ1v) is 9.84. The molecule has 2 heterocycles. The molecule has 0 spiro atoms. The fourth-order valence-electron chi connectivity index (χ4n) is 2.98. The molecule has 0 aliphatic rings. The molecule has 0 radical (unpaired) electrons. The molecule has 0 atom stereocenters. The van der Waals surface area contributed by atoms with Crippen molar-refractivity contribution in [3.05, 3.63) is 62.9 Å². The van der Waals surface area contributed by atoms with Crippen molar-refractivity contribution in [2.45, 2.75) is 20.3 Å². The summed E-state index contributed by atoms with van der Waals surface area (Å²) in [6.45, 7) is 5.20. The van der Waals surface area contributed by atoms with Crippen molar-refractivity contribution < 1.29 is 9.47 Å². The first-order chi connectivity index (χ1) is 13.2. The lowest BCUT2D eigenvalue weighted by atomic mass is 10.2. The van der Waals surface area contributed by atoms with Crippen LogP contribution in [-0.2, 0) is 0 Å². The molecule has 0 saturated heterocycles. The quantitative estimate of drug-likeness (QED) is 0.512. The number of aromatic nitrogens is 2. The molecule has 0 saturated carbocycles. The van der Waals surface area contributed by atoms with Gasteiger partial charge in [-0.1, -0.05) is 36.5 Å². The molecule has 4 aromatic rings. The number of fused-ring (bicyclic) bond motifs is 3. The maximum absolute atomic E-state index is 12.9. The van der Waals surface area contributed by atoms with E-state index in [2.05, 4.69) is 11.9 Å². The number of hydrogen-bond donors (Lipinski definition) is 0. The van der Waals surface area contributed by atoms with Gasteiger partial charge in [-0.05, 0) is 49.2 Å². The number of rotatable bonds is 6. The second-order valence-electron chi connectivity index (χ2n) is 6.12. The second kappa shape index (κ2) is 7.40. The molecule has 27 heavy (non-hydrogen) atoms. The predicted molar refractivity (Wildman–Crippen MR) is 109 cm³/mol. The van der Waals surface area contributed by atoms with Gasteiger partial charge in [-0.3, -0.25) is 4.79 Å². The van der Waals surface area contributed by atoms with Crippen molar-refractivity contribution in [1.82, 2.24) is 9.38 Å². The topological polar surface area (TPSA) is 52.8 Å². The van der Waals surface area contributed by atoms with Crippen LogP contribution in [0.4, 0.5) is 0 Å². The maximum Gasteiger partial charge on any atom is 0.274 e. The van der Waals surface area contributed by atoms with Crippen LogP contribution in [-0.4, -0.2) is 22.6 Å². The van der Waals surface area contributed by atoms with E-state index in [9.17, 15) is 4.79 Å². The fourth-order valence-corrected chi connectivity index (χ4v) is 3.96. The van der Waals surface area contributed by atoms with Crippen molar-refractivity contribution >= 4 is 33.4 Å². The average Bonchev–Trinajstić information content (AvgIpc) is 3.18. The Hall–Kier alpha value is -2.86. The second-order valence-corrected chi connectivity index (χ2v) is 7.13. The standard InChI is InChI=1S/C21H20N2O3S/c1-3-11-26-17-10-9-14(12-18(17)25-4-2)13-19-20(24)23-16-8-6-5-7-15(16)22-21(23)27-19/h5-10,12-13H,3-4,11H2,1-2H3/b19-13+. The van der Waals surface area contributed by atoms with E-state index in [4.69, 9.17) is 9.47 Å². The van der Waals surface area contributed by atoms with Gasteiger partial charge in [-0.25, -0.2) is 9.38 Å². The summed E-state index contributed by atoms with van der Waals surface area (Å²) in [5.74, 6) is 1.42. The minimum atomic E-state index is -0.0482. The van der Waals surface area contributed by atoms with Gasteiger partial charge in [0.25, 0.3) is 5.56 Å². The highest BCUT2D eigenvalue weighted by Crippen LogP contribution is 2.29. The average molecular weight is 380 g/mol. The lowest BCUT2D eigenvalue weighted by Gasteiger charge is -2.11. The number of imidazole rings is 1. The van der Waals surface area contributed by atoms with E-state index in [0.29, 0.717) is 28.5 Å². The smallest absolute Gasteiger partial charge is 0.274 e. The fraction of sp³-hybridized carbons (Fsp3) is 0.238. The molecule has 6 heteroatoms. The van der Waals surface area contributed by atoms with Crippen LogP contribution in [0, 0.1) is 0 Å². The zero-order valence-corrected chi connectivity index (χ0v) is 16.1. The van der Waals surface area contributed by atoms with E-state index < -0.39 is 0 Å². The Morgan fingerprint density at radius 3 is 2.78 bits per heavy atom.